The van der Waals surface area contributed by atoms with E-state index >= 15 is 0 Å². The second kappa shape index (κ2) is 5.76. The van der Waals surface area contributed by atoms with E-state index in [2.05, 4.69) is 36.1 Å². The molecule has 2 N–H and O–H groups in total. The van der Waals surface area contributed by atoms with Crippen molar-refractivity contribution in [2.24, 2.45) is 5.73 Å². The topological polar surface area (TPSA) is 74.2 Å². The van der Waals surface area contributed by atoms with Crippen molar-refractivity contribution in [1.82, 2.24) is 10.1 Å². The first-order chi connectivity index (χ1) is 11.6. The summed E-state index contributed by atoms with van der Waals surface area (Å²) in [6, 6.07) is 12.1. The summed E-state index contributed by atoms with van der Waals surface area (Å²) in [6.07, 6.45) is 0.537. The summed E-state index contributed by atoms with van der Waals surface area (Å²) >= 11 is 0. The van der Waals surface area contributed by atoms with E-state index in [4.69, 9.17) is 15.0 Å². The molecule has 0 bridgehead atoms. The Morgan fingerprint density at radius 2 is 1.88 bits per heavy atom. The fourth-order valence-electron chi connectivity index (χ4n) is 2.92. The van der Waals surface area contributed by atoms with Crippen LogP contribution in [0, 0.1) is 13.8 Å². The lowest BCUT2D eigenvalue weighted by molar-refractivity contribution is 0.183. The Labute approximate surface area is 140 Å². The number of ether oxygens (including phenoxy) is 1. The van der Waals surface area contributed by atoms with Crippen molar-refractivity contribution in [3.63, 3.8) is 0 Å². The van der Waals surface area contributed by atoms with Gasteiger partial charge in [-0.05, 0) is 42.2 Å². The lowest BCUT2D eigenvalue weighted by Gasteiger charge is -2.05. The molecular weight excluding hydrogens is 302 g/mol. The number of rotatable bonds is 3. The van der Waals surface area contributed by atoms with Crippen LogP contribution in [0.25, 0.3) is 11.4 Å². The Morgan fingerprint density at radius 3 is 2.62 bits per heavy atom. The maximum absolute atomic E-state index is 6.00. The Hall–Kier alpha value is -2.66. The lowest BCUT2D eigenvalue weighted by atomic mass is 10.0. The molecule has 1 unspecified atom stereocenters. The van der Waals surface area contributed by atoms with Gasteiger partial charge in [-0.2, -0.15) is 4.98 Å². The molecule has 1 aliphatic rings. The Bertz CT molecular complexity index is 853. The Balaban J connectivity index is 1.57. The molecule has 1 aromatic heterocycles. The van der Waals surface area contributed by atoms with E-state index in [1.54, 1.807) is 0 Å². The second-order valence-electron chi connectivity index (χ2n) is 6.21. The summed E-state index contributed by atoms with van der Waals surface area (Å²) in [4.78, 5) is 4.51. The zero-order valence-corrected chi connectivity index (χ0v) is 13.7. The van der Waals surface area contributed by atoms with Gasteiger partial charge in [0.2, 0.25) is 5.82 Å². The van der Waals surface area contributed by atoms with E-state index in [0.717, 1.165) is 23.3 Å². The highest BCUT2D eigenvalue weighted by molar-refractivity contribution is 5.54. The van der Waals surface area contributed by atoms with Crippen LogP contribution in [-0.4, -0.2) is 10.1 Å². The van der Waals surface area contributed by atoms with Crippen LogP contribution in [0.1, 0.15) is 34.2 Å². The third-order valence-electron chi connectivity index (χ3n) is 4.52. The Morgan fingerprint density at radius 1 is 1.12 bits per heavy atom. The average Bonchev–Trinajstić information content (AvgIpc) is 3.22. The molecule has 0 saturated carbocycles. The quantitative estimate of drug-likeness (QED) is 0.799. The molecule has 0 spiro atoms. The first-order valence-corrected chi connectivity index (χ1v) is 8.04. The smallest absolute Gasteiger partial charge is 0.268 e. The van der Waals surface area contributed by atoms with Gasteiger partial charge in [-0.15, -0.1) is 0 Å². The van der Waals surface area contributed by atoms with Crippen molar-refractivity contribution in [3.05, 3.63) is 64.5 Å². The molecule has 4 rings (SSSR count). The fraction of sp³-hybridized carbons (Fsp3) is 0.263. The summed E-state index contributed by atoms with van der Waals surface area (Å²) in [6.45, 7) is 4.71. The number of aryl methyl sites for hydroxylation is 2. The van der Waals surface area contributed by atoms with Gasteiger partial charge < -0.3 is 15.0 Å². The monoisotopic (exact) mass is 321 g/mol. The van der Waals surface area contributed by atoms with Gasteiger partial charge in [-0.1, -0.05) is 35.5 Å². The third kappa shape index (κ3) is 2.57. The highest BCUT2D eigenvalue weighted by atomic mass is 16.5. The minimum atomic E-state index is -0.217. The molecule has 1 aliphatic heterocycles. The van der Waals surface area contributed by atoms with Gasteiger partial charge in [0.05, 0.1) is 0 Å². The van der Waals surface area contributed by atoms with Crippen LogP contribution in [-0.2, 0) is 13.0 Å². The molecule has 0 amide bonds. The molecule has 2 aromatic carbocycles. The van der Waals surface area contributed by atoms with E-state index in [9.17, 15) is 0 Å². The summed E-state index contributed by atoms with van der Waals surface area (Å²) in [5.41, 5.74) is 11.3. The highest BCUT2D eigenvalue weighted by Crippen LogP contribution is 2.38. The normalized spacial score (nSPS) is 16.0. The highest BCUT2D eigenvalue weighted by Gasteiger charge is 2.29. The lowest BCUT2D eigenvalue weighted by Crippen LogP contribution is -2.03. The predicted molar refractivity (Wildman–Crippen MR) is 90.6 cm³/mol. The van der Waals surface area contributed by atoms with Gasteiger partial charge in [0, 0.05) is 18.5 Å². The molecule has 24 heavy (non-hydrogen) atoms. The third-order valence-corrected chi connectivity index (χ3v) is 4.52. The van der Waals surface area contributed by atoms with Crippen LogP contribution in [0.2, 0.25) is 0 Å². The number of fused-ring (bicyclic) bond motifs is 1. The minimum Gasteiger partial charge on any atom is -0.480 e. The molecule has 3 aromatic rings. The SMILES string of the molecule is Cc1cc2c(cc1C)OC(c1nc(-c3ccc(CN)cc3)no1)C2. The summed E-state index contributed by atoms with van der Waals surface area (Å²) < 4.78 is 11.4. The van der Waals surface area contributed by atoms with E-state index in [1.165, 1.54) is 16.7 Å². The van der Waals surface area contributed by atoms with Crippen molar-refractivity contribution in [1.29, 1.82) is 0 Å². The number of benzene rings is 2. The van der Waals surface area contributed by atoms with Crippen LogP contribution in [0.3, 0.4) is 0 Å². The maximum Gasteiger partial charge on any atom is 0.268 e. The second-order valence-corrected chi connectivity index (χ2v) is 6.21. The number of hydrogen-bond acceptors (Lipinski definition) is 5. The van der Waals surface area contributed by atoms with Crippen molar-refractivity contribution in [2.45, 2.75) is 32.9 Å². The van der Waals surface area contributed by atoms with Crippen molar-refractivity contribution < 1.29 is 9.26 Å². The molecule has 0 radical (unpaired) electrons. The maximum atomic E-state index is 6.00. The van der Waals surface area contributed by atoms with Crippen molar-refractivity contribution >= 4 is 0 Å². The zero-order chi connectivity index (χ0) is 16.7. The van der Waals surface area contributed by atoms with E-state index in [-0.39, 0.29) is 6.10 Å². The van der Waals surface area contributed by atoms with Crippen LogP contribution < -0.4 is 10.5 Å². The van der Waals surface area contributed by atoms with E-state index in [1.807, 2.05) is 24.3 Å². The molecule has 1 atom stereocenters. The van der Waals surface area contributed by atoms with Crippen LogP contribution in [0.15, 0.2) is 40.9 Å². The zero-order valence-electron chi connectivity index (χ0n) is 13.7. The van der Waals surface area contributed by atoms with Crippen LogP contribution in [0.5, 0.6) is 5.75 Å². The van der Waals surface area contributed by atoms with Gasteiger partial charge in [0.1, 0.15) is 5.75 Å². The summed E-state index contributed by atoms with van der Waals surface area (Å²) in [7, 11) is 0. The first-order valence-electron chi connectivity index (χ1n) is 8.04. The fourth-order valence-corrected chi connectivity index (χ4v) is 2.92. The molecule has 5 heteroatoms. The van der Waals surface area contributed by atoms with Gasteiger partial charge in [-0.25, -0.2) is 0 Å². The summed E-state index contributed by atoms with van der Waals surface area (Å²) in [5.74, 6) is 2.00. The molecule has 2 heterocycles. The minimum absolute atomic E-state index is 0.217. The van der Waals surface area contributed by atoms with Crippen molar-refractivity contribution in [3.8, 4) is 17.1 Å². The first kappa shape index (κ1) is 14.9. The number of hydrogen-bond donors (Lipinski definition) is 1. The van der Waals surface area contributed by atoms with Gasteiger partial charge in [-0.3, -0.25) is 0 Å². The van der Waals surface area contributed by atoms with Crippen LogP contribution in [0.4, 0.5) is 0 Å². The molecule has 0 aliphatic carbocycles. The Kier molecular flexibility index (Phi) is 3.58. The van der Waals surface area contributed by atoms with Gasteiger partial charge in [0.15, 0.2) is 6.10 Å². The largest absolute Gasteiger partial charge is 0.480 e. The number of nitrogens with zero attached hydrogens (tertiary/aromatic N) is 2. The molecule has 0 saturated heterocycles. The molecular formula is C19H19N3O2. The number of aromatic nitrogens is 2. The standard InChI is InChI=1S/C19H19N3O2/c1-11-7-15-9-17(23-16(15)8-12(11)2)19-21-18(22-24-19)14-5-3-13(10-20)4-6-14/h3-8,17H,9-10,20H2,1-2H3. The van der Waals surface area contributed by atoms with Crippen molar-refractivity contribution in [2.75, 3.05) is 0 Å². The van der Waals surface area contributed by atoms with E-state index in [0.29, 0.717) is 18.3 Å². The number of nitrogens with two attached hydrogens (primary N) is 1. The average molecular weight is 321 g/mol. The molecule has 0 fully saturated rings. The van der Waals surface area contributed by atoms with Crippen LogP contribution >= 0.6 is 0 Å². The summed E-state index contributed by atoms with van der Waals surface area (Å²) in [5, 5.41) is 4.09. The molecule has 122 valence electrons. The van der Waals surface area contributed by atoms with Gasteiger partial charge in [0.25, 0.3) is 5.89 Å². The van der Waals surface area contributed by atoms with Gasteiger partial charge >= 0.3 is 0 Å². The van der Waals surface area contributed by atoms with E-state index < -0.39 is 0 Å². The predicted octanol–water partition coefficient (Wildman–Crippen LogP) is 3.49. The molecule has 5 nitrogen and oxygen atoms in total.